The molecule has 0 unspecified atom stereocenters. The summed E-state index contributed by atoms with van der Waals surface area (Å²) in [5.41, 5.74) is 3.93. The van der Waals surface area contributed by atoms with E-state index in [2.05, 4.69) is 10.5 Å². The van der Waals surface area contributed by atoms with Gasteiger partial charge in [0.2, 0.25) is 5.91 Å². The summed E-state index contributed by atoms with van der Waals surface area (Å²) in [6.45, 7) is 4.02. The Labute approximate surface area is 193 Å². The summed E-state index contributed by atoms with van der Waals surface area (Å²) >= 11 is 2.58. The maximum atomic E-state index is 12.9. The molecule has 1 saturated heterocycles. The Hall–Kier alpha value is -3.04. The van der Waals surface area contributed by atoms with E-state index in [4.69, 9.17) is 4.52 Å². The molecule has 0 bridgehead atoms. The predicted molar refractivity (Wildman–Crippen MR) is 125 cm³/mol. The molecule has 0 spiro atoms. The largest absolute Gasteiger partial charge is 0.361 e. The number of thioether (sulfide) groups is 2. The number of hydrogen-bond acceptors (Lipinski definition) is 7. The number of rotatable bonds is 7. The Morgan fingerprint density at radius 3 is 2.56 bits per heavy atom. The van der Waals surface area contributed by atoms with Crippen molar-refractivity contribution < 1.29 is 18.9 Å². The summed E-state index contributed by atoms with van der Waals surface area (Å²) in [5.74, 6) is 1.25. The van der Waals surface area contributed by atoms with E-state index in [9.17, 15) is 14.4 Å². The summed E-state index contributed by atoms with van der Waals surface area (Å²) in [6, 6.07) is 14.6. The number of aromatic nitrogens is 1. The highest BCUT2D eigenvalue weighted by Crippen LogP contribution is 2.29. The molecule has 1 aliphatic rings. The van der Waals surface area contributed by atoms with E-state index in [0.29, 0.717) is 17.0 Å². The van der Waals surface area contributed by atoms with Gasteiger partial charge in [-0.05, 0) is 43.7 Å². The number of anilines is 1. The third-order valence-electron chi connectivity index (χ3n) is 5.08. The van der Waals surface area contributed by atoms with Crippen molar-refractivity contribution in [3.63, 3.8) is 0 Å². The molecule has 0 radical (unpaired) electrons. The Bertz CT molecular complexity index is 1140. The topological polar surface area (TPSA) is 92.5 Å². The van der Waals surface area contributed by atoms with Crippen LogP contribution in [0.4, 0.5) is 10.5 Å². The van der Waals surface area contributed by atoms with E-state index in [0.717, 1.165) is 39.2 Å². The predicted octanol–water partition coefficient (Wildman–Crippen LogP) is 5.03. The fourth-order valence-electron chi connectivity index (χ4n) is 3.25. The highest BCUT2D eigenvalue weighted by atomic mass is 32.2. The number of hydrogen-bond donors (Lipinski definition) is 1. The van der Waals surface area contributed by atoms with E-state index < -0.39 is 0 Å². The van der Waals surface area contributed by atoms with Gasteiger partial charge in [0, 0.05) is 21.9 Å². The first-order valence-corrected chi connectivity index (χ1v) is 11.9. The normalized spacial score (nSPS) is 13.6. The number of carbonyl (C=O) groups is 3. The number of carbonyl (C=O) groups excluding carboxylic acids is 3. The summed E-state index contributed by atoms with van der Waals surface area (Å²) in [4.78, 5) is 38.6. The lowest BCUT2D eigenvalue weighted by atomic mass is 10.1. The Morgan fingerprint density at radius 2 is 1.91 bits per heavy atom. The zero-order chi connectivity index (χ0) is 22.7. The highest BCUT2D eigenvalue weighted by molar-refractivity contribution is 8.14. The lowest BCUT2D eigenvalue weighted by molar-refractivity contribution is -0.125. The van der Waals surface area contributed by atoms with Crippen LogP contribution >= 0.6 is 23.5 Å². The fraction of sp³-hybridized carbons (Fsp3) is 0.217. The van der Waals surface area contributed by atoms with Crippen LogP contribution in [0.15, 0.2) is 57.9 Å². The van der Waals surface area contributed by atoms with Crippen LogP contribution in [0.25, 0.3) is 0 Å². The molecule has 1 aliphatic heterocycles. The lowest BCUT2D eigenvalue weighted by Crippen LogP contribution is -2.27. The van der Waals surface area contributed by atoms with Crippen LogP contribution in [-0.2, 0) is 17.1 Å². The van der Waals surface area contributed by atoms with Crippen LogP contribution in [-0.4, -0.2) is 32.9 Å². The number of imide groups is 1. The molecule has 0 atom stereocenters. The fourth-order valence-corrected chi connectivity index (χ4v) is 5.17. The third-order valence-corrected chi connectivity index (χ3v) is 7.04. The summed E-state index contributed by atoms with van der Waals surface area (Å²) in [7, 11) is 0. The van der Waals surface area contributed by atoms with E-state index in [1.165, 1.54) is 4.90 Å². The van der Waals surface area contributed by atoms with Crippen molar-refractivity contribution >= 4 is 46.3 Å². The Morgan fingerprint density at radius 1 is 1.16 bits per heavy atom. The van der Waals surface area contributed by atoms with Crippen molar-refractivity contribution in [2.75, 3.05) is 11.1 Å². The van der Waals surface area contributed by atoms with Crippen molar-refractivity contribution in [1.29, 1.82) is 0 Å². The zero-order valence-electron chi connectivity index (χ0n) is 17.6. The molecule has 4 rings (SSSR count). The van der Waals surface area contributed by atoms with Crippen LogP contribution in [0.5, 0.6) is 0 Å². The van der Waals surface area contributed by atoms with Crippen LogP contribution in [0, 0.1) is 13.8 Å². The second-order valence-corrected chi connectivity index (χ2v) is 9.22. The molecule has 0 saturated carbocycles. The molecule has 1 N–H and O–H groups in total. The van der Waals surface area contributed by atoms with Gasteiger partial charge >= 0.3 is 0 Å². The number of benzene rings is 2. The first kappa shape index (κ1) is 22.2. The van der Waals surface area contributed by atoms with Crippen molar-refractivity contribution in [3.8, 4) is 0 Å². The Kier molecular flexibility index (Phi) is 6.66. The molecule has 2 aromatic carbocycles. The molecule has 7 nitrogen and oxygen atoms in total. The van der Waals surface area contributed by atoms with Crippen LogP contribution in [0.3, 0.4) is 0 Å². The SMILES string of the molecule is Cc1noc(C)c1CSc1ccccc1C(=O)Nc1ccc(CN2C(=O)CSC2=O)cc1. The van der Waals surface area contributed by atoms with Crippen molar-refractivity contribution in [1.82, 2.24) is 10.1 Å². The standard InChI is InChI=1S/C23H21N3O4S2/c1-14-19(15(2)30-25-14)12-31-20-6-4-3-5-18(20)22(28)24-17-9-7-16(8-10-17)11-26-21(27)13-32-23(26)29/h3-10H,11-13H2,1-2H3,(H,24,28). The summed E-state index contributed by atoms with van der Waals surface area (Å²) in [5, 5.41) is 6.67. The minimum atomic E-state index is -0.224. The molecule has 164 valence electrons. The summed E-state index contributed by atoms with van der Waals surface area (Å²) in [6.07, 6.45) is 0. The monoisotopic (exact) mass is 467 g/mol. The number of aryl methyl sites for hydroxylation is 2. The van der Waals surface area contributed by atoms with Gasteiger partial charge in [-0.15, -0.1) is 11.8 Å². The second kappa shape index (κ2) is 9.62. The molecule has 1 aromatic heterocycles. The minimum absolute atomic E-state index is 0.178. The van der Waals surface area contributed by atoms with Gasteiger partial charge in [0.1, 0.15) is 5.76 Å². The molecular formula is C23H21N3O4S2. The van der Waals surface area contributed by atoms with E-state index >= 15 is 0 Å². The van der Waals surface area contributed by atoms with Crippen LogP contribution in [0.2, 0.25) is 0 Å². The van der Waals surface area contributed by atoms with Gasteiger partial charge in [-0.25, -0.2) is 0 Å². The second-order valence-electron chi connectivity index (χ2n) is 7.27. The average molecular weight is 468 g/mol. The number of nitrogens with one attached hydrogen (secondary N) is 1. The van der Waals surface area contributed by atoms with E-state index in [1.807, 2.05) is 32.0 Å². The van der Waals surface area contributed by atoms with Gasteiger partial charge in [0.15, 0.2) is 0 Å². The first-order valence-electron chi connectivity index (χ1n) is 9.93. The highest BCUT2D eigenvalue weighted by Gasteiger charge is 2.29. The third kappa shape index (κ3) is 4.89. The minimum Gasteiger partial charge on any atom is -0.361 e. The Balaban J connectivity index is 1.42. The molecule has 1 fully saturated rings. The first-order chi connectivity index (χ1) is 15.4. The lowest BCUT2D eigenvalue weighted by Gasteiger charge is -2.13. The maximum absolute atomic E-state index is 12.9. The molecule has 3 amide bonds. The van der Waals surface area contributed by atoms with Gasteiger partial charge in [0.05, 0.1) is 23.6 Å². The molecule has 32 heavy (non-hydrogen) atoms. The number of amides is 3. The van der Waals surface area contributed by atoms with Crippen LogP contribution in [0.1, 0.15) is 32.9 Å². The van der Waals surface area contributed by atoms with Crippen molar-refractivity contribution in [2.24, 2.45) is 0 Å². The zero-order valence-corrected chi connectivity index (χ0v) is 19.2. The smallest absolute Gasteiger partial charge is 0.289 e. The molecule has 0 aliphatic carbocycles. The quantitative estimate of drug-likeness (QED) is 0.487. The molecule has 2 heterocycles. The number of nitrogens with zero attached hydrogens (tertiary/aromatic N) is 2. The van der Waals surface area contributed by atoms with Gasteiger partial charge in [-0.1, -0.05) is 41.2 Å². The average Bonchev–Trinajstić information content (AvgIpc) is 3.28. The molecular weight excluding hydrogens is 446 g/mol. The molecule has 3 aromatic rings. The van der Waals surface area contributed by atoms with Gasteiger partial charge in [-0.3, -0.25) is 19.3 Å². The summed E-state index contributed by atoms with van der Waals surface area (Å²) < 4.78 is 5.22. The maximum Gasteiger partial charge on any atom is 0.289 e. The van der Waals surface area contributed by atoms with Gasteiger partial charge < -0.3 is 9.84 Å². The van der Waals surface area contributed by atoms with Gasteiger partial charge in [-0.2, -0.15) is 0 Å². The van der Waals surface area contributed by atoms with Crippen molar-refractivity contribution in [3.05, 3.63) is 76.7 Å². The van der Waals surface area contributed by atoms with Crippen LogP contribution < -0.4 is 5.32 Å². The van der Waals surface area contributed by atoms with E-state index in [-0.39, 0.29) is 29.4 Å². The van der Waals surface area contributed by atoms with E-state index in [1.54, 1.807) is 42.1 Å². The van der Waals surface area contributed by atoms with Gasteiger partial charge in [0.25, 0.3) is 11.1 Å². The molecule has 9 heteroatoms. The van der Waals surface area contributed by atoms with Crippen molar-refractivity contribution in [2.45, 2.75) is 31.0 Å².